The topological polar surface area (TPSA) is 130 Å². The summed E-state index contributed by atoms with van der Waals surface area (Å²) in [5.41, 5.74) is 10.1. The van der Waals surface area contributed by atoms with Gasteiger partial charge in [0, 0.05) is 43.1 Å². The van der Waals surface area contributed by atoms with Gasteiger partial charge in [-0.2, -0.15) is 0 Å². The van der Waals surface area contributed by atoms with Crippen molar-refractivity contribution < 1.29 is 9.53 Å². The van der Waals surface area contributed by atoms with Crippen molar-refractivity contribution in [1.29, 1.82) is 0 Å². The van der Waals surface area contributed by atoms with E-state index in [1.54, 1.807) is 18.6 Å². The van der Waals surface area contributed by atoms with Crippen LogP contribution in [0.5, 0.6) is 0 Å². The standard InChI is InChI=1S/C24H28N8O2/c25-23-22(24(33)31-20-14-27-8-6-21(20)32-9-11-34-12-10-32)30-19(15-28-23)16-1-3-17(4-2-16)29-18-5-7-26-13-18/h1-4,6,8,14-15,18,26,29H,5,7,9-13H2,(H2,25,28)(H,31,33)/t18-/m1/s1. The Morgan fingerprint density at radius 1 is 1.15 bits per heavy atom. The van der Waals surface area contributed by atoms with Crippen LogP contribution in [0.4, 0.5) is 22.9 Å². The van der Waals surface area contributed by atoms with E-state index in [0.717, 1.165) is 49.5 Å². The largest absolute Gasteiger partial charge is 0.382 e. The van der Waals surface area contributed by atoms with E-state index in [9.17, 15) is 4.79 Å². The number of nitrogens with zero attached hydrogens (tertiary/aromatic N) is 4. The fraction of sp³-hybridized carbons (Fsp3) is 0.333. The molecular formula is C24H28N8O2. The minimum Gasteiger partial charge on any atom is -0.382 e. The highest BCUT2D eigenvalue weighted by Crippen LogP contribution is 2.27. The molecule has 0 saturated carbocycles. The van der Waals surface area contributed by atoms with Crippen LogP contribution in [0, 0.1) is 0 Å². The third kappa shape index (κ3) is 4.92. The quantitative estimate of drug-likeness (QED) is 0.436. The summed E-state index contributed by atoms with van der Waals surface area (Å²) in [6.07, 6.45) is 6.02. The van der Waals surface area contributed by atoms with E-state index in [0.29, 0.717) is 30.6 Å². The molecule has 5 rings (SSSR count). The first-order chi connectivity index (χ1) is 16.7. The molecule has 0 aliphatic carbocycles. The summed E-state index contributed by atoms with van der Waals surface area (Å²) in [6.45, 7) is 4.77. The van der Waals surface area contributed by atoms with Crippen LogP contribution in [-0.4, -0.2) is 66.3 Å². The molecule has 3 aromatic rings. The third-order valence-corrected chi connectivity index (χ3v) is 6.03. The normalized spacial score (nSPS) is 18.0. The van der Waals surface area contributed by atoms with Gasteiger partial charge in [0.25, 0.3) is 5.91 Å². The first-order valence-electron chi connectivity index (χ1n) is 11.5. The summed E-state index contributed by atoms with van der Waals surface area (Å²) in [6, 6.07) is 10.3. The van der Waals surface area contributed by atoms with Crippen LogP contribution in [0.1, 0.15) is 16.9 Å². The zero-order valence-corrected chi connectivity index (χ0v) is 18.8. The van der Waals surface area contributed by atoms with Gasteiger partial charge in [-0.05, 0) is 31.2 Å². The Hall–Kier alpha value is -3.76. The van der Waals surface area contributed by atoms with Crippen molar-refractivity contribution in [2.24, 2.45) is 0 Å². The van der Waals surface area contributed by atoms with Gasteiger partial charge in [-0.15, -0.1) is 0 Å². The predicted molar refractivity (Wildman–Crippen MR) is 132 cm³/mol. The molecule has 5 N–H and O–H groups in total. The molecule has 1 atom stereocenters. The predicted octanol–water partition coefficient (Wildman–Crippen LogP) is 1.98. The lowest BCUT2D eigenvalue weighted by Crippen LogP contribution is -2.36. The fourth-order valence-corrected chi connectivity index (χ4v) is 4.20. The second-order valence-corrected chi connectivity index (χ2v) is 8.35. The van der Waals surface area contributed by atoms with Gasteiger partial charge < -0.3 is 31.3 Å². The average molecular weight is 461 g/mol. The SMILES string of the molecule is Nc1ncc(-c2ccc(N[C@@H]3CCNC3)cc2)nc1C(=O)Nc1cnccc1N1CCOCC1. The lowest BCUT2D eigenvalue weighted by molar-refractivity contribution is 0.102. The molecule has 0 radical (unpaired) electrons. The van der Waals surface area contributed by atoms with Crippen molar-refractivity contribution in [3.8, 4) is 11.3 Å². The number of nitrogen functional groups attached to an aromatic ring is 1. The molecule has 1 aromatic carbocycles. The second kappa shape index (κ2) is 10.0. The monoisotopic (exact) mass is 460 g/mol. The van der Waals surface area contributed by atoms with Crippen LogP contribution in [0.2, 0.25) is 0 Å². The minimum atomic E-state index is -0.429. The zero-order valence-electron chi connectivity index (χ0n) is 18.8. The Labute approximate surface area is 198 Å². The molecule has 10 heteroatoms. The van der Waals surface area contributed by atoms with Crippen LogP contribution in [0.15, 0.2) is 48.9 Å². The molecule has 2 aliphatic heterocycles. The van der Waals surface area contributed by atoms with E-state index in [1.807, 2.05) is 30.3 Å². The maximum atomic E-state index is 13.1. The first-order valence-corrected chi connectivity index (χ1v) is 11.5. The summed E-state index contributed by atoms with van der Waals surface area (Å²) in [5, 5.41) is 9.78. The third-order valence-electron chi connectivity index (χ3n) is 6.03. The number of amides is 1. The highest BCUT2D eigenvalue weighted by Gasteiger charge is 2.20. The van der Waals surface area contributed by atoms with Crippen molar-refractivity contribution in [3.05, 3.63) is 54.6 Å². The van der Waals surface area contributed by atoms with Gasteiger partial charge in [-0.1, -0.05) is 12.1 Å². The van der Waals surface area contributed by atoms with Gasteiger partial charge in [-0.25, -0.2) is 9.97 Å². The average Bonchev–Trinajstić information content (AvgIpc) is 3.39. The number of nitrogens with two attached hydrogens (primary N) is 1. The number of rotatable bonds is 6. The maximum absolute atomic E-state index is 13.1. The summed E-state index contributed by atoms with van der Waals surface area (Å²) in [7, 11) is 0. The Kier molecular flexibility index (Phi) is 6.50. The van der Waals surface area contributed by atoms with E-state index in [-0.39, 0.29) is 11.5 Å². The van der Waals surface area contributed by atoms with Crippen LogP contribution < -0.4 is 26.6 Å². The molecule has 4 heterocycles. The minimum absolute atomic E-state index is 0.0742. The Balaban J connectivity index is 1.33. The summed E-state index contributed by atoms with van der Waals surface area (Å²) in [4.78, 5) is 28.2. The van der Waals surface area contributed by atoms with Crippen molar-refractivity contribution >= 4 is 28.8 Å². The Morgan fingerprint density at radius 2 is 1.97 bits per heavy atom. The number of carbonyl (C=O) groups excluding carboxylic acids is 1. The second-order valence-electron chi connectivity index (χ2n) is 8.35. The van der Waals surface area contributed by atoms with E-state index >= 15 is 0 Å². The number of ether oxygens (including phenoxy) is 1. The number of morpholine rings is 1. The lowest BCUT2D eigenvalue weighted by atomic mass is 10.1. The molecule has 0 spiro atoms. The summed E-state index contributed by atoms with van der Waals surface area (Å²) < 4.78 is 5.44. The van der Waals surface area contributed by atoms with Crippen LogP contribution in [0.25, 0.3) is 11.3 Å². The molecule has 2 aliphatic rings. The van der Waals surface area contributed by atoms with E-state index in [2.05, 4.69) is 35.8 Å². The molecule has 2 saturated heterocycles. The van der Waals surface area contributed by atoms with E-state index in [1.165, 1.54) is 0 Å². The van der Waals surface area contributed by atoms with Crippen molar-refractivity contribution in [1.82, 2.24) is 20.3 Å². The van der Waals surface area contributed by atoms with E-state index < -0.39 is 5.91 Å². The zero-order chi connectivity index (χ0) is 23.3. The number of nitrogens with one attached hydrogen (secondary N) is 3. The van der Waals surface area contributed by atoms with Crippen LogP contribution >= 0.6 is 0 Å². The van der Waals surface area contributed by atoms with Crippen molar-refractivity contribution in [2.45, 2.75) is 12.5 Å². The van der Waals surface area contributed by atoms with Gasteiger partial charge in [0.1, 0.15) is 0 Å². The highest BCUT2D eigenvalue weighted by molar-refractivity contribution is 6.07. The van der Waals surface area contributed by atoms with Gasteiger partial charge in [0.2, 0.25) is 0 Å². The molecule has 2 fully saturated rings. The van der Waals surface area contributed by atoms with Crippen LogP contribution in [-0.2, 0) is 4.74 Å². The fourth-order valence-electron chi connectivity index (χ4n) is 4.20. The number of hydrogen-bond donors (Lipinski definition) is 4. The number of pyridine rings is 1. The molecular weight excluding hydrogens is 432 g/mol. The van der Waals surface area contributed by atoms with Gasteiger partial charge in [0.15, 0.2) is 11.5 Å². The molecule has 0 bridgehead atoms. The molecule has 34 heavy (non-hydrogen) atoms. The maximum Gasteiger partial charge on any atom is 0.278 e. The lowest BCUT2D eigenvalue weighted by Gasteiger charge is -2.30. The molecule has 2 aromatic heterocycles. The number of aromatic nitrogens is 3. The first kappa shape index (κ1) is 22.1. The van der Waals surface area contributed by atoms with Crippen molar-refractivity contribution in [3.63, 3.8) is 0 Å². The Morgan fingerprint density at radius 3 is 2.74 bits per heavy atom. The summed E-state index contributed by atoms with van der Waals surface area (Å²) >= 11 is 0. The van der Waals surface area contributed by atoms with E-state index in [4.69, 9.17) is 10.5 Å². The molecule has 10 nitrogen and oxygen atoms in total. The molecule has 1 amide bonds. The number of benzene rings is 1. The summed E-state index contributed by atoms with van der Waals surface area (Å²) in [5.74, 6) is -0.355. The van der Waals surface area contributed by atoms with Crippen molar-refractivity contribution in [2.75, 3.05) is 60.7 Å². The molecule has 0 unspecified atom stereocenters. The van der Waals surface area contributed by atoms with Gasteiger partial charge >= 0.3 is 0 Å². The van der Waals surface area contributed by atoms with Crippen LogP contribution in [0.3, 0.4) is 0 Å². The van der Waals surface area contributed by atoms with Gasteiger partial charge in [-0.3, -0.25) is 9.78 Å². The highest BCUT2D eigenvalue weighted by atomic mass is 16.5. The Bertz CT molecular complexity index is 1140. The number of carbonyl (C=O) groups is 1. The van der Waals surface area contributed by atoms with Gasteiger partial charge in [0.05, 0.1) is 42.7 Å². The number of hydrogen-bond acceptors (Lipinski definition) is 9. The molecule has 176 valence electrons. The smallest absolute Gasteiger partial charge is 0.278 e. The number of anilines is 4.